The van der Waals surface area contributed by atoms with Crippen molar-refractivity contribution in [2.24, 2.45) is 0 Å². The van der Waals surface area contributed by atoms with E-state index in [0.717, 1.165) is 0 Å². The van der Waals surface area contributed by atoms with Crippen LogP contribution in [0.4, 0.5) is 5.69 Å². The van der Waals surface area contributed by atoms with Gasteiger partial charge in [0.1, 0.15) is 5.69 Å². The molecule has 0 unspecified atom stereocenters. The summed E-state index contributed by atoms with van der Waals surface area (Å²) in [5.41, 5.74) is 0.376. The van der Waals surface area contributed by atoms with Crippen molar-refractivity contribution in [2.45, 2.75) is 6.42 Å². The molecule has 0 saturated heterocycles. The van der Waals surface area contributed by atoms with Gasteiger partial charge in [-0.25, -0.2) is 4.98 Å². The van der Waals surface area contributed by atoms with Gasteiger partial charge in [-0.1, -0.05) is 6.08 Å². The van der Waals surface area contributed by atoms with Crippen molar-refractivity contribution in [3.8, 4) is 0 Å². The van der Waals surface area contributed by atoms with Crippen LogP contribution in [-0.2, 0) is 0 Å². The zero-order valence-corrected chi connectivity index (χ0v) is 8.15. The first-order valence-electron chi connectivity index (χ1n) is 4.07. The standard InChI is InChI=1S/C9H9ClN2O2/c10-6-2-1-4-8-9(12(13)14)5-3-7-11-8/h1,3-5,7H,2,6H2. The number of nitro groups is 1. The van der Waals surface area contributed by atoms with Gasteiger partial charge < -0.3 is 0 Å². The summed E-state index contributed by atoms with van der Waals surface area (Å²) < 4.78 is 0. The van der Waals surface area contributed by atoms with E-state index in [4.69, 9.17) is 11.6 Å². The number of alkyl halides is 1. The average molecular weight is 213 g/mol. The summed E-state index contributed by atoms with van der Waals surface area (Å²) in [5.74, 6) is 0.497. The van der Waals surface area contributed by atoms with E-state index in [9.17, 15) is 10.1 Å². The van der Waals surface area contributed by atoms with Gasteiger partial charge in [0.2, 0.25) is 0 Å². The molecule has 4 nitrogen and oxygen atoms in total. The first-order chi connectivity index (χ1) is 6.75. The van der Waals surface area contributed by atoms with Gasteiger partial charge in [-0.2, -0.15) is 0 Å². The SMILES string of the molecule is O=[N+]([O-])c1cccnc1C=CCCCl. The molecule has 0 spiro atoms. The number of pyridine rings is 1. The number of rotatable bonds is 4. The Bertz CT molecular complexity index is 352. The lowest BCUT2D eigenvalue weighted by Gasteiger charge is -1.94. The van der Waals surface area contributed by atoms with E-state index >= 15 is 0 Å². The molecule has 0 amide bonds. The highest BCUT2D eigenvalue weighted by Gasteiger charge is 2.10. The molecule has 74 valence electrons. The van der Waals surface area contributed by atoms with Crippen molar-refractivity contribution in [3.63, 3.8) is 0 Å². The molecule has 5 heteroatoms. The van der Waals surface area contributed by atoms with Crippen LogP contribution in [0.15, 0.2) is 24.4 Å². The van der Waals surface area contributed by atoms with Crippen LogP contribution in [0.1, 0.15) is 12.1 Å². The van der Waals surface area contributed by atoms with E-state index in [1.165, 1.54) is 18.3 Å². The molecule has 0 aromatic carbocycles. The van der Waals surface area contributed by atoms with Crippen molar-refractivity contribution >= 4 is 23.4 Å². The zero-order chi connectivity index (χ0) is 10.4. The lowest BCUT2D eigenvalue weighted by Crippen LogP contribution is -1.93. The monoisotopic (exact) mass is 212 g/mol. The van der Waals surface area contributed by atoms with Crippen molar-refractivity contribution in [2.75, 3.05) is 5.88 Å². The Kier molecular flexibility index (Phi) is 4.07. The van der Waals surface area contributed by atoms with Crippen LogP contribution in [0, 0.1) is 10.1 Å². The van der Waals surface area contributed by atoms with E-state index < -0.39 is 4.92 Å². The van der Waals surface area contributed by atoms with Crippen LogP contribution >= 0.6 is 11.6 Å². The topological polar surface area (TPSA) is 56.0 Å². The van der Waals surface area contributed by atoms with Crippen LogP contribution in [0.25, 0.3) is 6.08 Å². The number of allylic oxidation sites excluding steroid dienone is 1. The predicted octanol–water partition coefficient (Wildman–Crippen LogP) is 2.63. The Balaban J connectivity index is 2.90. The van der Waals surface area contributed by atoms with Crippen LogP contribution in [-0.4, -0.2) is 15.8 Å². The minimum absolute atomic E-state index is 0.0123. The minimum atomic E-state index is -0.451. The molecule has 0 radical (unpaired) electrons. The summed E-state index contributed by atoms with van der Waals surface area (Å²) in [6.45, 7) is 0. The van der Waals surface area contributed by atoms with E-state index in [-0.39, 0.29) is 5.69 Å². The van der Waals surface area contributed by atoms with Crippen LogP contribution in [0.3, 0.4) is 0 Å². The van der Waals surface area contributed by atoms with Crippen LogP contribution in [0.2, 0.25) is 0 Å². The first-order valence-corrected chi connectivity index (χ1v) is 4.61. The third-order valence-corrected chi connectivity index (χ3v) is 1.78. The molecule has 0 N–H and O–H groups in total. The van der Waals surface area contributed by atoms with Gasteiger partial charge in [0.05, 0.1) is 4.92 Å². The third kappa shape index (κ3) is 2.81. The highest BCUT2D eigenvalue weighted by atomic mass is 35.5. The van der Waals surface area contributed by atoms with Gasteiger partial charge in [-0.15, -0.1) is 11.6 Å². The first kappa shape index (κ1) is 10.7. The average Bonchev–Trinajstić information content (AvgIpc) is 2.19. The molecule has 1 heterocycles. The smallest absolute Gasteiger partial charge is 0.258 e. The Morgan fingerprint density at radius 1 is 1.64 bits per heavy atom. The molecule has 0 aliphatic heterocycles. The Morgan fingerprint density at radius 2 is 2.43 bits per heavy atom. The zero-order valence-electron chi connectivity index (χ0n) is 7.39. The maximum Gasteiger partial charge on any atom is 0.294 e. The number of halogens is 1. The lowest BCUT2D eigenvalue weighted by atomic mass is 10.2. The van der Waals surface area contributed by atoms with Gasteiger partial charge >= 0.3 is 0 Å². The van der Waals surface area contributed by atoms with Gasteiger partial charge in [-0.3, -0.25) is 10.1 Å². The third-order valence-electron chi connectivity index (χ3n) is 1.56. The van der Waals surface area contributed by atoms with Gasteiger partial charge in [0, 0.05) is 18.1 Å². The molecular formula is C9H9ClN2O2. The Labute approximate surface area is 86.4 Å². The van der Waals surface area contributed by atoms with Gasteiger partial charge in [0.25, 0.3) is 5.69 Å². The minimum Gasteiger partial charge on any atom is -0.258 e. The maximum atomic E-state index is 10.6. The molecule has 0 fully saturated rings. The normalized spacial score (nSPS) is 10.6. The predicted molar refractivity (Wildman–Crippen MR) is 55.3 cm³/mol. The summed E-state index contributed by atoms with van der Waals surface area (Å²) in [4.78, 5) is 14.0. The summed E-state index contributed by atoms with van der Waals surface area (Å²) in [7, 11) is 0. The van der Waals surface area contributed by atoms with Gasteiger partial charge in [-0.05, 0) is 18.6 Å². The summed E-state index contributed by atoms with van der Waals surface area (Å²) in [6, 6.07) is 2.96. The lowest BCUT2D eigenvalue weighted by molar-refractivity contribution is -0.385. The Morgan fingerprint density at radius 3 is 3.07 bits per heavy atom. The summed E-state index contributed by atoms with van der Waals surface area (Å²) in [5, 5.41) is 10.6. The number of hydrogen-bond acceptors (Lipinski definition) is 3. The molecule has 0 bridgehead atoms. The number of nitrogens with zero attached hydrogens (tertiary/aromatic N) is 2. The molecule has 14 heavy (non-hydrogen) atoms. The fraction of sp³-hybridized carbons (Fsp3) is 0.222. The molecule has 0 aliphatic carbocycles. The summed E-state index contributed by atoms with van der Waals surface area (Å²) in [6.07, 6.45) is 5.57. The van der Waals surface area contributed by atoms with Crippen molar-refractivity contribution in [1.82, 2.24) is 4.98 Å². The van der Waals surface area contributed by atoms with Crippen LogP contribution < -0.4 is 0 Å². The molecule has 1 aromatic rings. The molecule has 0 saturated carbocycles. The number of aromatic nitrogens is 1. The van der Waals surface area contributed by atoms with E-state index in [1.807, 2.05) is 0 Å². The molecule has 0 atom stereocenters. The van der Waals surface area contributed by atoms with Crippen molar-refractivity contribution in [1.29, 1.82) is 0 Å². The highest BCUT2D eigenvalue weighted by molar-refractivity contribution is 6.17. The quantitative estimate of drug-likeness (QED) is 0.438. The van der Waals surface area contributed by atoms with Gasteiger partial charge in [0.15, 0.2) is 0 Å². The van der Waals surface area contributed by atoms with Crippen LogP contribution in [0.5, 0.6) is 0 Å². The fourth-order valence-corrected chi connectivity index (χ4v) is 1.08. The van der Waals surface area contributed by atoms with Crippen molar-refractivity contribution in [3.05, 3.63) is 40.2 Å². The highest BCUT2D eigenvalue weighted by Crippen LogP contribution is 2.16. The van der Waals surface area contributed by atoms with Crippen molar-refractivity contribution < 1.29 is 4.92 Å². The van der Waals surface area contributed by atoms with E-state index in [1.54, 1.807) is 12.2 Å². The second-order valence-electron chi connectivity index (χ2n) is 2.54. The maximum absolute atomic E-state index is 10.6. The van der Waals surface area contributed by atoms with E-state index in [0.29, 0.717) is 18.0 Å². The summed E-state index contributed by atoms with van der Waals surface area (Å²) >= 11 is 5.46. The Hall–Kier alpha value is -1.42. The number of hydrogen-bond donors (Lipinski definition) is 0. The molecular weight excluding hydrogens is 204 g/mol. The largest absolute Gasteiger partial charge is 0.294 e. The second kappa shape index (κ2) is 5.34. The molecule has 1 rings (SSSR count). The fourth-order valence-electron chi connectivity index (χ4n) is 0.950. The molecule has 1 aromatic heterocycles. The van der Waals surface area contributed by atoms with E-state index in [2.05, 4.69) is 4.98 Å². The second-order valence-corrected chi connectivity index (χ2v) is 2.92. The molecule has 0 aliphatic rings.